The normalized spacial score (nSPS) is 20.0. The van der Waals surface area contributed by atoms with Crippen molar-refractivity contribution in [3.8, 4) is 23.0 Å². The molecule has 352 valence electrons. The maximum Gasteiger partial charge on any atom is 0.157 e. The van der Waals surface area contributed by atoms with Gasteiger partial charge in [0.05, 0.1) is 24.3 Å². The van der Waals surface area contributed by atoms with E-state index in [0.29, 0.717) is 55.2 Å². The Labute approximate surface area is 391 Å². The van der Waals surface area contributed by atoms with Gasteiger partial charge in [-0.15, -0.1) is 0 Å². The van der Waals surface area contributed by atoms with Crippen molar-refractivity contribution in [1.29, 1.82) is 0 Å². The summed E-state index contributed by atoms with van der Waals surface area (Å²) in [5.74, 6) is 2.07. The van der Waals surface area contributed by atoms with E-state index >= 15 is 0 Å². The summed E-state index contributed by atoms with van der Waals surface area (Å²) in [4.78, 5) is 21.3. The van der Waals surface area contributed by atoms with E-state index in [9.17, 15) is 24.9 Å². The van der Waals surface area contributed by atoms with Crippen LogP contribution in [0.2, 0.25) is 0 Å². The number of aliphatic hydroxyl groups excluding tert-OH is 2. The topological polar surface area (TPSA) is 154 Å². The van der Waals surface area contributed by atoms with Crippen LogP contribution in [0.15, 0.2) is 133 Å². The summed E-state index contributed by atoms with van der Waals surface area (Å²) in [6.07, 6.45) is 18.1. The number of hydrogen-bond donors (Lipinski definition) is 5. The van der Waals surface area contributed by atoms with Crippen LogP contribution in [0.5, 0.6) is 23.0 Å². The highest BCUT2D eigenvalue weighted by molar-refractivity contribution is 5.83. The molecule has 0 aromatic heterocycles. The van der Waals surface area contributed by atoms with Crippen LogP contribution in [-0.4, -0.2) is 71.1 Å². The van der Waals surface area contributed by atoms with Crippen molar-refractivity contribution in [3.05, 3.63) is 161 Å². The Kier molecular flexibility index (Phi) is 22.5. The molecular weight excluding hydrogens is 829 g/mol. The number of aldehydes is 2. The molecule has 9 heteroatoms. The van der Waals surface area contributed by atoms with E-state index in [-0.39, 0.29) is 35.0 Å². The molecule has 0 amide bonds. The zero-order valence-corrected chi connectivity index (χ0v) is 38.4. The maximum absolute atomic E-state index is 11.1. The molecule has 2 saturated carbocycles. The molecule has 66 heavy (non-hydrogen) atoms. The van der Waals surface area contributed by atoms with E-state index in [1.54, 1.807) is 12.1 Å². The highest BCUT2D eigenvalue weighted by Gasteiger charge is 2.28. The standard InChI is InChI=1S/C20H22O3.C13H18O.C13H16O.C7H6O3.C4H8O/c21-13-18-19(22)11-6-12-20(18)23-14-16-9-4-5-10-17(16)15-7-2-1-3-8-15;2*14-10-12-8-4-5-9-13(12)11-6-2-1-3-7-11;8-4-5-6(9)2-1-3-7(5)10;1-2-4-5-3-1/h1-3,6-8,11-13,16-17,22H,4-5,9-10,14H2;1-3,6-7,12-14H,4-5,8-10H2;1-3,6-7,14H,4-5,8-10H2;1-4,9-10H;1-4H2. The molecule has 5 N–H and O–H groups in total. The van der Waals surface area contributed by atoms with Gasteiger partial charge in [-0.3, -0.25) is 9.59 Å². The van der Waals surface area contributed by atoms with Crippen LogP contribution in [0.1, 0.15) is 139 Å². The van der Waals surface area contributed by atoms with Gasteiger partial charge in [0.1, 0.15) is 23.0 Å². The second kappa shape index (κ2) is 29.0. The molecule has 4 unspecified atom stereocenters. The van der Waals surface area contributed by atoms with Crippen LogP contribution in [0.25, 0.3) is 5.57 Å². The van der Waals surface area contributed by atoms with E-state index < -0.39 is 0 Å². The number of hydrogen-bond acceptors (Lipinski definition) is 9. The molecule has 9 nitrogen and oxygen atoms in total. The largest absolute Gasteiger partial charge is 0.507 e. The van der Waals surface area contributed by atoms with Gasteiger partial charge >= 0.3 is 0 Å². The van der Waals surface area contributed by atoms with E-state index in [0.717, 1.165) is 32.5 Å². The second-order valence-corrected chi connectivity index (χ2v) is 17.4. The third-order valence-corrected chi connectivity index (χ3v) is 13.0. The lowest BCUT2D eigenvalue weighted by molar-refractivity contribution is 0.110. The smallest absolute Gasteiger partial charge is 0.157 e. The van der Waals surface area contributed by atoms with Gasteiger partial charge in [-0.1, -0.05) is 129 Å². The highest BCUT2D eigenvalue weighted by atomic mass is 16.5. The van der Waals surface area contributed by atoms with Crippen LogP contribution in [-0.2, 0) is 4.74 Å². The second-order valence-electron chi connectivity index (χ2n) is 17.4. The monoisotopic (exact) mass is 899 g/mol. The third kappa shape index (κ3) is 16.0. The van der Waals surface area contributed by atoms with Gasteiger partial charge in [0.15, 0.2) is 12.6 Å². The van der Waals surface area contributed by atoms with Gasteiger partial charge in [-0.05, 0) is 140 Å². The highest BCUT2D eigenvalue weighted by Crippen LogP contribution is 2.39. The Balaban J connectivity index is 0.000000166. The van der Waals surface area contributed by atoms with E-state index in [4.69, 9.17) is 19.7 Å². The van der Waals surface area contributed by atoms with Gasteiger partial charge in [0.25, 0.3) is 0 Å². The summed E-state index contributed by atoms with van der Waals surface area (Å²) in [5, 5.41) is 46.1. The molecule has 4 atom stereocenters. The Bertz CT molecular complexity index is 2140. The van der Waals surface area contributed by atoms with Crippen LogP contribution in [0, 0.1) is 11.8 Å². The minimum atomic E-state index is -0.199. The minimum absolute atomic E-state index is 0.0271. The predicted molar refractivity (Wildman–Crippen MR) is 262 cm³/mol. The lowest BCUT2D eigenvalue weighted by atomic mass is 9.76. The third-order valence-electron chi connectivity index (χ3n) is 13.0. The van der Waals surface area contributed by atoms with Crippen molar-refractivity contribution >= 4 is 18.1 Å². The van der Waals surface area contributed by atoms with Crippen molar-refractivity contribution < 1.29 is 44.6 Å². The summed E-state index contributed by atoms with van der Waals surface area (Å²) >= 11 is 0. The van der Waals surface area contributed by atoms with Gasteiger partial charge < -0.3 is 35.0 Å². The minimum Gasteiger partial charge on any atom is -0.507 e. The summed E-state index contributed by atoms with van der Waals surface area (Å²) in [7, 11) is 0. The molecule has 4 aliphatic rings. The molecule has 1 heterocycles. The van der Waals surface area contributed by atoms with Gasteiger partial charge in [0, 0.05) is 19.8 Å². The average molecular weight is 899 g/mol. The summed E-state index contributed by atoms with van der Waals surface area (Å²) in [5.41, 5.74) is 6.85. The average Bonchev–Trinajstić information content (AvgIpc) is 3.98. The fraction of sp³-hybridized carbons (Fsp3) is 0.404. The van der Waals surface area contributed by atoms with Gasteiger partial charge in [-0.25, -0.2) is 0 Å². The number of carbonyl (C=O) groups is 2. The van der Waals surface area contributed by atoms with Crippen LogP contribution < -0.4 is 4.74 Å². The Morgan fingerprint density at radius 2 is 1.00 bits per heavy atom. The zero-order valence-electron chi connectivity index (χ0n) is 38.4. The van der Waals surface area contributed by atoms with Gasteiger partial charge in [-0.2, -0.15) is 0 Å². The first-order valence-electron chi connectivity index (χ1n) is 23.9. The quantitative estimate of drug-likeness (QED) is 0.0862. The molecule has 0 bridgehead atoms. The van der Waals surface area contributed by atoms with Crippen LogP contribution >= 0.6 is 0 Å². The zero-order chi connectivity index (χ0) is 46.8. The number of rotatable bonds is 10. The van der Waals surface area contributed by atoms with Crippen LogP contribution in [0.3, 0.4) is 0 Å². The summed E-state index contributed by atoms with van der Waals surface area (Å²) < 4.78 is 10.9. The van der Waals surface area contributed by atoms with Crippen molar-refractivity contribution in [3.63, 3.8) is 0 Å². The predicted octanol–water partition coefficient (Wildman–Crippen LogP) is 12.2. The first-order valence-corrected chi connectivity index (χ1v) is 23.9. The van der Waals surface area contributed by atoms with Crippen LogP contribution in [0.4, 0.5) is 0 Å². The molecule has 0 spiro atoms. The first-order chi connectivity index (χ1) is 32.4. The molecule has 0 radical (unpaired) electrons. The molecular formula is C57H70O9. The number of aliphatic hydroxyl groups is 2. The lowest BCUT2D eigenvalue weighted by Gasteiger charge is -2.32. The Hall–Kier alpha value is -5.74. The SMILES string of the molecule is C1CCOC1.O=Cc1c(O)cccc1O.O=Cc1c(O)cccc1OCC1CCCCC1c1ccccc1.OCC1=C(c2ccccc2)CCCC1.OCC1CCCCC1c1ccccc1. The first kappa shape index (κ1) is 51.2. The number of carbonyl (C=O) groups excluding carboxylic acids is 2. The Morgan fingerprint density at radius 3 is 1.50 bits per heavy atom. The summed E-state index contributed by atoms with van der Waals surface area (Å²) in [6.45, 7) is 3.15. The number of allylic oxidation sites excluding steroid dienone is 1. The number of ether oxygens (including phenoxy) is 2. The Morgan fingerprint density at radius 1 is 0.515 bits per heavy atom. The fourth-order valence-electron chi connectivity index (χ4n) is 9.39. The van der Waals surface area contributed by atoms with E-state index in [1.807, 2.05) is 12.1 Å². The molecule has 1 saturated heterocycles. The lowest BCUT2D eigenvalue weighted by Crippen LogP contribution is -2.24. The summed E-state index contributed by atoms with van der Waals surface area (Å²) in [6, 6.07) is 40.7. The van der Waals surface area contributed by atoms with Crippen molar-refractivity contribution in [2.24, 2.45) is 11.8 Å². The molecule has 3 aliphatic carbocycles. The van der Waals surface area contributed by atoms with Gasteiger partial charge in [0.2, 0.25) is 0 Å². The molecule has 5 aromatic rings. The molecule has 5 aromatic carbocycles. The van der Waals surface area contributed by atoms with E-state index in [2.05, 4.69) is 78.9 Å². The number of phenols is 3. The number of phenolic OH excluding ortho intramolecular Hbond substituents is 3. The maximum atomic E-state index is 11.1. The molecule has 3 fully saturated rings. The van der Waals surface area contributed by atoms with E-state index in [1.165, 1.54) is 123 Å². The van der Waals surface area contributed by atoms with Crippen molar-refractivity contribution in [1.82, 2.24) is 0 Å². The molecule has 9 rings (SSSR count). The van der Waals surface area contributed by atoms with Crippen molar-refractivity contribution in [2.75, 3.05) is 33.0 Å². The number of aromatic hydroxyl groups is 3. The number of benzene rings is 5. The fourth-order valence-corrected chi connectivity index (χ4v) is 9.39. The van der Waals surface area contributed by atoms with Crippen molar-refractivity contribution in [2.45, 2.75) is 102 Å². The molecule has 1 aliphatic heterocycles.